The van der Waals surface area contributed by atoms with Gasteiger partial charge in [0.2, 0.25) is 0 Å². The van der Waals surface area contributed by atoms with Crippen molar-refractivity contribution in [3.63, 3.8) is 0 Å². The second-order valence-corrected chi connectivity index (χ2v) is 5.18. The number of hydrogen-bond donors (Lipinski definition) is 1. The lowest BCUT2D eigenvalue weighted by Gasteiger charge is -2.20. The zero-order valence-electron chi connectivity index (χ0n) is 13.6. The van der Waals surface area contributed by atoms with E-state index in [0.717, 1.165) is 0 Å². The van der Waals surface area contributed by atoms with E-state index in [9.17, 15) is 9.59 Å². The fourth-order valence-electron chi connectivity index (χ4n) is 2.32. The molecule has 0 unspecified atom stereocenters. The molecule has 0 spiro atoms. The molecule has 1 aliphatic rings. The molecule has 0 saturated carbocycles. The Balaban J connectivity index is 1.75. The third-order valence-electron chi connectivity index (χ3n) is 3.55. The molecule has 2 aromatic rings. The van der Waals surface area contributed by atoms with Crippen molar-refractivity contribution in [1.29, 1.82) is 0 Å². The SMILES string of the molecule is CCOC(=O)C1=C(NC(=O)c2ccc(-n3ccnc3)nn2)COCC1. The molecule has 0 bridgehead atoms. The minimum Gasteiger partial charge on any atom is -0.463 e. The van der Waals surface area contributed by atoms with Crippen molar-refractivity contribution in [3.8, 4) is 5.82 Å². The van der Waals surface area contributed by atoms with E-state index in [1.807, 2.05) is 0 Å². The number of ether oxygens (including phenoxy) is 2. The molecule has 0 fully saturated rings. The number of imidazole rings is 1. The Morgan fingerprint density at radius 3 is 2.92 bits per heavy atom. The van der Waals surface area contributed by atoms with E-state index in [4.69, 9.17) is 9.47 Å². The lowest BCUT2D eigenvalue weighted by molar-refractivity contribution is -0.139. The number of hydrogen-bond acceptors (Lipinski definition) is 7. The Morgan fingerprint density at radius 1 is 1.36 bits per heavy atom. The summed E-state index contributed by atoms with van der Waals surface area (Å²) in [5, 5.41) is 10.6. The maximum absolute atomic E-state index is 12.4. The molecule has 1 amide bonds. The van der Waals surface area contributed by atoms with Gasteiger partial charge in [-0.1, -0.05) is 0 Å². The van der Waals surface area contributed by atoms with Crippen molar-refractivity contribution in [2.45, 2.75) is 13.3 Å². The van der Waals surface area contributed by atoms with Gasteiger partial charge < -0.3 is 14.8 Å². The summed E-state index contributed by atoms with van der Waals surface area (Å²) >= 11 is 0. The second-order valence-electron chi connectivity index (χ2n) is 5.18. The van der Waals surface area contributed by atoms with Gasteiger partial charge in [0.05, 0.1) is 31.1 Å². The molecule has 1 aliphatic heterocycles. The average molecular weight is 343 g/mol. The Bertz CT molecular complexity index is 783. The minimum atomic E-state index is -0.466. The molecule has 3 rings (SSSR count). The largest absolute Gasteiger partial charge is 0.463 e. The number of aromatic nitrogens is 4. The first-order valence-electron chi connectivity index (χ1n) is 7.79. The number of nitrogens with zero attached hydrogens (tertiary/aromatic N) is 4. The summed E-state index contributed by atoms with van der Waals surface area (Å²) in [6, 6.07) is 3.20. The van der Waals surface area contributed by atoms with Crippen LogP contribution in [0.2, 0.25) is 0 Å². The van der Waals surface area contributed by atoms with E-state index < -0.39 is 11.9 Å². The normalized spacial score (nSPS) is 14.3. The minimum absolute atomic E-state index is 0.130. The van der Waals surface area contributed by atoms with Gasteiger partial charge in [0.15, 0.2) is 11.5 Å². The fraction of sp³-hybridized carbons (Fsp3) is 0.312. The molecule has 130 valence electrons. The predicted octanol–water partition coefficient (Wildman–Crippen LogP) is 0.630. The summed E-state index contributed by atoms with van der Waals surface area (Å²) in [5.74, 6) is -0.365. The molecule has 25 heavy (non-hydrogen) atoms. The van der Waals surface area contributed by atoms with Gasteiger partial charge in [-0.05, 0) is 19.1 Å². The van der Waals surface area contributed by atoms with Crippen LogP contribution in [-0.4, -0.2) is 51.4 Å². The quantitative estimate of drug-likeness (QED) is 0.793. The van der Waals surface area contributed by atoms with Crippen molar-refractivity contribution in [2.75, 3.05) is 19.8 Å². The van der Waals surface area contributed by atoms with Gasteiger partial charge >= 0.3 is 5.97 Å². The van der Waals surface area contributed by atoms with Crippen LogP contribution in [0.1, 0.15) is 23.8 Å². The van der Waals surface area contributed by atoms with Gasteiger partial charge in [-0.2, -0.15) is 0 Å². The Kier molecular flexibility index (Phi) is 5.14. The first-order chi connectivity index (χ1) is 12.2. The zero-order valence-corrected chi connectivity index (χ0v) is 13.6. The van der Waals surface area contributed by atoms with E-state index in [1.165, 1.54) is 0 Å². The highest BCUT2D eigenvalue weighted by Crippen LogP contribution is 2.16. The van der Waals surface area contributed by atoms with Crippen LogP contribution < -0.4 is 5.32 Å². The summed E-state index contributed by atoms with van der Waals surface area (Å²) in [6.07, 6.45) is 5.31. The topological polar surface area (TPSA) is 108 Å². The Morgan fingerprint density at radius 2 is 2.24 bits per heavy atom. The Hall–Kier alpha value is -3.07. The highest BCUT2D eigenvalue weighted by molar-refractivity contribution is 5.96. The number of carbonyl (C=O) groups excluding carboxylic acids is 2. The van der Waals surface area contributed by atoms with E-state index in [-0.39, 0.29) is 18.9 Å². The monoisotopic (exact) mass is 343 g/mol. The molecule has 0 saturated heterocycles. The number of esters is 1. The lowest BCUT2D eigenvalue weighted by Crippen LogP contribution is -2.32. The van der Waals surface area contributed by atoms with Gasteiger partial charge in [-0.3, -0.25) is 9.36 Å². The molecule has 9 nitrogen and oxygen atoms in total. The smallest absolute Gasteiger partial charge is 0.335 e. The summed E-state index contributed by atoms with van der Waals surface area (Å²) < 4.78 is 12.0. The van der Waals surface area contributed by atoms with Crippen molar-refractivity contribution in [1.82, 2.24) is 25.1 Å². The van der Waals surface area contributed by atoms with Gasteiger partial charge in [0.1, 0.15) is 6.33 Å². The van der Waals surface area contributed by atoms with Crippen LogP contribution in [0, 0.1) is 0 Å². The van der Waals surface area contributed by atoms with Gasteiger partial charge in [-0.25, -0.2) is 9.78 Å². The predicted molar refractivity (Wildman–Crippen MR) is 85.7 cm³/mol. The summed E-state index contributed by atoms with van der Waals surface area (Å²) in [5.41, 5.74) is 0.949. The number of nitrogens with one attached hydrogen (secondary N) is 1. The van der Waals surface area contributed by atoms with Crippen LogP contribution in [0.15, 0.2) is 42.1 Å². The van der Waals surface area contributed by atoms with E-state index in [2.05, 4.69) is 20.5 Å². The molecule has 0 atom stereocenters. The zero-order chi connectivity index (χ0) is 17.6. The molecular formula is C16H17N5O4. The van der Waals surface area contributed by atoms with Gasteiger partial charge in [0, 0.05) is 18.8 Å². The highest BCUT2D eigenvalue weighted by Gasteiger charge is 2.23. The number of carbonyl (C=O) groups is 2. The van der Waals surface area contributed by atoms with E-state index >= 15 is 0 Å². The molecule has 2 aromatic heterocycles. The molecule has 0 aromatic carbocycles. The molecule has 0 radical (unpaired) electrons. The van der Waals surface area contributed by atoms with E-state index in [0.29, 0.717) is 30.1 Å². The molecule has 3 heterocycles. The van der Waals surface area contributed by atoms with Crippen LogP contribution >= 0.6 is 0 Å². The number of rotatable bonds is 5. The third kappa shape index (κ3) is 3.89. The summed E-state index contributed by atoms with van der Waals surface area (Å²) in [7, 11) is 0. The fourth-order valence-corrected chi connectivity index (χ4v) is 2.32. The first-order valence-corrected chi connectivity index (χ1v) is 7.79. The van der Waals surface area contributed by atoms with Crippen LogP contribution in [0.4, 0.5) is 0 Å². The van der Waals surface area contributed by atoms with Crippen molar-refractivity contribution < 1.29 is 19.1 Å². The second kappa shape index (κ2) is 7.67. The van der Waals surface area contributed by atoms with Gasteiger partial charge in [-0.15, -0.1) is 10.2 Å². The van der Waals surface area contributed by atoms with Crippen molar-refractivity contribution >= 4 is 11.9 Å². The molecule has 9 heteroatoms. The third-order valence-corrected chi connectivity index (χ3v) is 3.55. The van der Waals surface area contributed by atoms with Gasteiger partial charge in [0.25, 0.3) is 5.91 Å². The molecular weight excluding hydrogens is 326 g/mol. The highest BCUT2D eigenvalue weighted by atomic mass is 16.5. The lowest BCUT2D eigenvalue weighted by atomic mass is 10.1. The van der Waals surface area contributed by atoms with Crippen molar-refractivity contribution in [2.24, 2.45) is 0 Å². The standard InChI is InChI=1S/C16H17N5O4/c1-2-25-16(23)11-5-8-24-9-13(11)18-15(22)12-3-4-14(20-19-12)21-7-6-17-10-21/h3-4,6-7,10H,2,5,8-9H2,1H3,(H,18,22). The molecule has 0 aliphatic carbocycles. The summed E-state index contributed by atoms with van der Waals surface area (Å²) in [4.78, 5) is 28.3. The maximum Gasteiger partial charge on any atom is 0.335 e. The van der Waals surface area contributed by atoms with Crippen LogP contribution in [0.25, 0.3) is 5.82 Å². The maximum atomic E-state index is 12.4. The van der Waals surface area contributed by atoms with Crippen LogP contribution in [0.5, 0.6) is 0 Å². The first kappa shape index (κ1) is 16.8. The molecule has 1 N–H and O–H groups in total. The number of amides is 1. The average Bonchev–Trinajstić information content (AvgIpc) is 3.17. The van der Waals surface area contributed by atoms with Crippen molar-refractivity contribution in [3.05, 3.63) is 47.8 Å². The Labute approximate surface area is 143 Å². The van der Waals surface area contributed by atoms with Crippen LogP contribution in [-0.2, 0) is 14.3 Å². The van der Waals surface area contributed by atoms with Crippen LogP contribution in [0.3, 0.4) is 0 Å². The van der Waals surface area contributed by atoms with E-state index in [1.54, 1.807) is 42.3 Å². The summed E-state index contributed by atoms with van der Waals surface area (Å²) in [6.45, 7) is 2.55.